The zero-order valence-corrected chi connectivity index (χ0v) is 18.7. The van der Waals surface area contributed by atoms with Gasteiger partial charge in [-0.15, -0.1) is 11.3 Å². The molecule has 29 heavy (non-hydrogen) atoms. The number of anilines is 1. The van der Waals surface area contributed by atoms with Crippen LogP contribution in [-0.2, 0) is 4.74 Å². The lowest BCUT2D eigenvalue weighted by Gasteiger charge is -2.43. The van der Waals surface area contributed by atoms with E-state index in [0.717, 1.165) is 71.0 Å². The average molecular weight is 420 g/mol. The van der Waals surface area contributed by atoms with Crippen molar-refractivity contribution < 1.29 is 4.74 Å². The number of ether oxygens (including phenoxy) is 1. The van der Waals surface area contributed by atoms with Gasteiger partial charge in [0.25, 0.3) is 0 Å². The van der Waals surface area contributed by atoms with Gasteiger partial charge in [0.2, 0.25) is 0 Å². The van der Waals surface area contributed by atoms with Crippen molar-refractivity contribution in [3.63, 3.8) is 0 Å². The summed E-state index contributed by atoms with van der Waals surface area (Å²) in [7, 11) is 0. The van der Waals surface area contributed by atoms with Gasteiger partial charge in [0.1, 0.15) is 0 Å². The van der Waals surface area contributed by atoms with E-state index < -0.39 is 0 Å². The van der Waals surface area contributed by atoms with Crippen LogP contribution in [0.15, 0.2) is 22.5 Å². The third kappa shape index (κ3) is 5.25. The SMILES string of the molecule is CCNC(=NCC1(N2CCCC2)CCOCC1)NC1CCN(c2cccs2)CC1. The molecule has 0 amide bonds. The van der Waals surface area contributed by atoms with Crippen molar-refractivity contribution in [2.45, 2.75) is 57.0 Å². The highest BCUT2D eigenvalue weighted by atomic mass is 32.1. The summed E-state index contributed by atoms with van der Waals surface area (Å²) in [6.07, 6.45) is 7.19. The molecule has 0 bridgehead atoms. The van der Waals surface area contributed by atoms with E-state index in [4.69, 9.17) is 9.73 Å². The maximum atomic E-state index is 5.69. The lowest BCUT2D eigenvalue weighted by Crippen LogP contribution is -2.54. The normalized spacial score (nSPS) is 24.0. The monoisotopic (exact) mass is 419 g/mol. The summed E-state index contributed by atoms with van der Waals surface area (Å²) in [6, 6.07) is 4.88. The highest BCUT2D eigenvalue weighted by Crippen LogP contribution is 2.31. The van der Waals surface area contributed by atoms with Crippen LogP contribution in [0.1, 0.15) is 45.4 Å². The van der Waals surface area contributed by atoms with Crippen LogP contribution in [0.25, 0.3) is 0 Å². The number of rotatable bonds is 6. The quantitative estimate of drug-likeness (QED) is 0.549. The van der Waals surface area contributed by atoms with Crippen molar-refractivity contribution in [3.8, 4) is 0 Å². The van der Waals surface area contributed by atoms with Crippen LogP contribution in [-0.4, -0.2) is 74.9 Å². The third-order valence-electron chi connectivity index (χ3n) is 6.73. The standard InChI is InChI=1S/C22H37N5OS/c1-2-23-21(25-19-7-13-26(14-8-19)20-6-5-17-29-20)24-18-22(9-15-28-16-10-22)27-11-3-4-12-27/h5-6,17,19H,2-4,7-16,18H2,1H3,(H2,23,24,25). The van der Waals surface area contributed by atoms with Gasteiger partial charge in [-0.25, -0.2) is 0 Å². The molecule has 1 aromatic heterocycles. The minimum Gasteiger partial charge on any atom is -0.381 e. The Hall–Kier alpha value is -1.31. The predicted molar refractivity (Wildman–Crippen MR) is 122 cm³/mol. The molecule has 0 aliphatic carbocycles. The van der Waals surface area contributed by atoms with Crippen LogP contribution in [0.4, 0.5) is 5.00 Å². The minimum absolute atomic E-state index is 0.194. The van der Waals surface area contributed by atoms with Gasteiger partial charge in [-0.3, -0.25) is 9.89 Å². The summed E-state index contributed by atoms with van der Waals surface area (Å²) in [4.78, 5) is 10.3. The predicted octanol–water partition coefficient (Wildman–Crippen LogP) is 2.92. The van der Waals surface area contributed by atoms with E-state index in [1.54, 1.807) is 0 Å². The number of hydrogen-bond acceptors (Lipinski definition) is 5. The second kappa shape index (κ2) is 10.1. The van der Waals surface area contributed by atoms with Gasteiger partial charge in [-0.2, -0.15) is 0 Å². The van der Waals surface area contributed by atoms with Crippen molar-refractivity contribution in [2.75, 3.05) is 57.4 Å². The highest BCUT2D eigenvalue weighted by Gasteiger charge is 2.39. The first kappa shape index (κ1) is 20.9. The summed E-state index contributed by atoms with van der Waals surface area (Å²) in [6.45, 7) is 10.4. The molecule has 2 N–H and O–H groups in total. The maximum Gasteiger partial charge on any atom is 0.191 e. The smallest absolute Gasteiger partial charge is 0.191 e. The number of thiophene rings is 1. The number of likely N-dealkylation sites (tertiary alicyclic amines) is 1. The number of hydrogen-bond donors (Lipinski definition) is 2. The highest BCUT2D eigenvalue weighted by molar-refractivity contribution is 7.14. The molecule has 0 aromatic carbocycles. The molecule has 1 aromatic rings. The molecule has 4 rings (SSSR count). The Morgan fingerprint density at radius 2 is 1.97 bits per heavy atom. The van der Waals surface area contributed by atoms with Crippen LogP contribution in [0.3, 0.4) is 0 Å². The second-order valence-corrected chi connectivity index (χ2v) is 9.51. The Balaban J connectivity index is 1.35. The molecule has 0 saturated carbocycles. The summed E-state index contributed by atoms with van der Waals surface area (Å²) in [5.74, 6) is 0.993. The lowest BCUT2D eigenvalue weighted by molar-refractivity contribution is -0.0139. The van der Waals surface area contributed by atoms with Gasteiger partial charge in [0.05, 0.1) is 11.5 Å². The number of nitrogens with one attached hydrogen (secondary N) is 2. The van der Waals surface area contributed by atoms with Crippen LogP contribution < -0.4 is 15.5 Å². The van der Waals surface area contributed by atoms with Crippen molar-refractivity contribution in [1.82, 2.24) is 15.5 Å². The lowest BCUT2D eigenvalue weighted by atomic mass is 9.88. The largest absolute Gasteiger partial charge is 0.381 e. The molecular weight excluding hydrogens is 382 g/mol. The molecule has 3 fully saturated rings. The van der Waals surface area contributed by atoms with Crippen LogP contribution in [0, 0.1) is 0 Å². The van der Waals surface area contributed by atoms with Crippen LogP contribution in [0.5, 0.6) is 0 Å². The zero-order valence-electron chi connectivity index (χ0n) is 17.9. The van der Waals surface area contributed by atoms with E-state index >= 15 is 0 Å². The van der Waals surface area contributed by atoms with E-state index in [1.807, 2.05) is 11.3 Å². The van der Waals surface area contributed by atoms with E-state index in [-0.39, 0.29) is 5.54 Å². The van der Waals surface area contributed by atoms with E-state index in [0.29, 0.717) is 6.04 Å². The molecule has 3 saturated heterocycles. The molecule has 0 radical (unpaired) electrons. The van der Waals surface area contributed by atoms with Crippen molar-refractivity contribution in [1.29, 1.82) is 0 Å². The molecule has 0 atom stereocenters. The number of nitrogens with zero attached hydrogens (tertiary/aromatic N) is 3. The fourth-order valence-electron chi connectivity index (χ4n) is 4.95. The number of aliphatic imine (C=N–C) groups is 1. The summed E-state index contributed by atoms with van der Waals surface area (Å²) in [5, 5.41) is 10.8. The Bertz CT molecular complexity index is 630. The molecular formula is C22H37N5OS. The van der Waals surface area contributed by atoms with Crippen LogP contribution >= 0.6 is 11.3 Å². The molecule has 0 unspecified atom stereocenters. The first-order valence-electron chi connectivity index (χ1n) is 11.5. The second-order valence-electron chi connectivity index (χ2n) is 8.58. The Morgan fingerprint density at radius 3 is 2.62 bits per heavy atom. The zero-order chi connectivity index (χ0) is 19.9. The Labute approximate surface area is 179 Å². The fourth-order valence-corrected chi connectivity index (χ4v) is 5.74. The summed E-state index contributed by atoms with van der Waals surface area (Å²) in [5.41, 5.74) is 0.194. The van der Waals surface area contributed by atoms with Gasteiger partial charge >= 0.3 is 0 Å². The maximum absolute atomic E-state index is 5.69. The van der Waals surface area contributed by atoms with Crippen molar-refractivity contribution >= 4 is 22.3 Å². The van der Waals surface area contributed by atoms with Crippen molar-refractivity contribution in [2.24, 2.45) is 4.99 Å². The topological polar surface area (TPSA) is 52.1 Å². The van der Waals surface area contributed by atoms with E-state index in [1.165, 1.54) is 30.9 Å². The van der Waals surface area contributed by atoms with Gasteiger partial charge < -0.3 is 20.3 Å². The van der Waals surface area contributed by atoms with Crippen LogP contribution in [0.2, 0.25) is 0 Å². The van der Waals surface area contributed by atoms with Gasteiger partial charge in [-0.1, -0.05) is 0 Å². The van der Waals surface area contributed by atoms with Gasteiger partial charge in [-0.05, 0) is 76.1 Å². The molecule has 4 heterocycles. The van der Waals surface area contributed by atoms with E-state index in [9.17, 15) is 0 Å². The molecule has 6 nitrogen and oxygen atoms in total. The molecule has 3 aliphatic rings. The number of piperidine rings is 1. The average Bonchev–Trinajstić information content (AvgIpc) is 3.48. The van der Waals surface area contributed by atoms with Gasteiger partial charge in [0, 0.05) is 44.4 Å². The summed E-state index contributed by atoms with van der Waals surface area (Å²) >= 11 is 1.84. The molecule has 3 aliphatic heterocycles. The van der Waals surface area contributed by atoms with E-state index in [2.05, 4.69) is 44.9 Å². The minimum atomic E-state index is 0.194. The Morgan fingerprint density at radius 1 is 1.21 bits per heavy atom. The Kier molecular flexibility index (Phi) is 7.32. The fraction of sp³-hybridized carbons (Fsp3) is 0.773. The van der Waals surface area contributed by atoms with Gasteiger partial charge in [0.15, 0.2) is 5.96 Å². The summed E-state index contributed by atoms with van der Waals surface area (Å²) < 4.78 is 5.69. The first-order chi connectivity index (χ1) is 14.3. The van der Waals surface area contributed by atoms with Crippen molar-refractivity contribution in [3.05, 3.63) is 17.5 Å². The molecule has 162 valence electrons. The first-order valence-corrected chi connectivity index (χ1v) is 12.3. The third-order valence-corrected chi connectivity index (χ3v) is 7.66. The molecule has 7 heteroatoms. The number of guanidine groups is 1. The molecule has 0 spiro atoms.